The molecule has 0 N–H and O–H groups in total. The second-order valence-electron chi connectivity index (χ2n) is 4.68. The van der Waals surface area contributed by atoms with Gasteiger partial charge < -0.3 is 0 Å². The van der Waals surface area contributed by atoms with Crippen molar-refractivity contribution in [2.75, 3.05) is 0 Å². The molecule has 0 radical (unpaired) electrons. The van der Waals surface area contributed by atoms with Crippen molar-refractivity contribution in [3.05, 3.63) is 28.5 Å². The molecule has 0 saturated heterocycles. The van der Waals surface area contributed by atoms with E-state index < -0.39 is 0 Å². The van der Waals surface area contributed by atoms with Crippen molar-refractivity contribution in [2.24, 2.45) is 11.8 Å². The van der Waals surface area contributed by atoms with Crippen molar-refractivity contribution in [2.45, 2.75) is 32.6 Å². The highest BCUT2D eigenvalue weighted by Gasteiger charge is 2.25. The monoisotopic (exact) mass is 281 g/mol. The first-order valence-electron chi connectivity index (χ1n) is 5.82. The molecule has 0 spiro atoms. The molecule has 16 heavy (non-hydrogen) atoms. The third-order valence-electron chi connectivity index (χ3n) is 3.37. The van der Waals surface area contributed by atoms with E-state index in [-0.39, 0.29) is 11.7 Å². The summed E-state index contributed by atoms with van der Waals surface area (Å²) >= 11 is 3.32. The third kappa shape index (κ3) is 2.70. The van der Waals surface area contributed by atoms with Gasteiger partial charge in [0.2, 0.25) is 0 Å². The van der Waals surface area contributed by atoms with Gasteiger partial charge in [-0.1, -0.05) is 19.8 Å². The highest BCUT2D eigenvalue weighted by Crippen LogP contribution is 2.30. The van der Waals surface area contributed by atoms with E-state index >= 15 is 0 Å². The van der Waals surface area contributed by atoms with Crippen molar-refractivity contribution in [3.8, 4) is 0 Å². The van der Waals surface area contributed by atoms with E-state index in [1.807, 2.05) is 12.1 Å². The molecule has 1 heterocycles. The molecule has 0 atom stereocenters. The number of halogens is 1. The molecule has 1 aliphatic rings. The summed E-state index contributed by atoms with van der Waals surface area (Å²) in [5.74, 6) is 1.20. The van der Waals surface area contributed by atoms with E-state index in [0.29, 0.717) is 5.69 Å². The molecule has 1 fully saturated rings. The fourth-order valence-electron chi connectivity index (χ4n) is 2.25. The van der Waals surface area contributed by atoms with Gasteiger partial charge in [0.1, 0.15) is 5.69 Å². The summed E-state index contributed by atoms with van der Waals surface area (Å²) in [6, 6.07) is 3.69. The molecule has 1 aromatic rings. The summed E-state index contributed by atoms with van der Waals surface area (Å²) in [6.45, 7) is 2.26. The lowest BCUT2D eigenvalue weighted by Crippen LogP contribution is -2.21. The summed E-state index contributed by atoms with van der Waals surface area (Å²) in [6.07, 6.45) is 6.09. The van der Waals surface area contributed by atoms with Crippen LogP contribution in [0.4, 0.5) is 0 Å². The lowest BCUT2D eigenvalue weighted by Gasteiger charge is -2.24. The van der Waals surface area contributed by atoms with Crippen LogP contribution >= 0.6 is 15.9 Å². The summed E-state index contributed by atoms with van der Waals surface area (Å²) in [4.78, 5) is 16.3. The Kier molecular flexibility index (Phi) is 3.74. The maximum atomic E-state index is 12.1. The zero-order chi connectivity index (χ0) is 11.5. The number of Topliss-reactive ketones (excluding diaryl/α,β-unsaturated/α-hetero) is 1. The second kappa shape index (κ2) is 5.09. The fourth-order valence-corrected chi connectivity index (χ4v) is 2.49. The molecule has 2 rings (SSSR count). The van der Waals surface area contributed by atoms with Crippen LogP contribution in [0.3, 0.4) is 0 Å². The van der Waals surface area contributed by atoms with E-state index in [4.69, 9.17) is 0 Å². The molecule has 0 unspecified atom stereocenters. The Balaban J connectivity index is 2.05. The molecule has 0 bridgehead atoms. The molecule has 1 aliphatic carbocycles. The number of nitrogens with zero attached hydrogens (tertiary/aromatic N) is 1. The number of carbonyl (C=O) groups is 1. The summed E-state index contributed by atoms with van der Waals surface area (Å²) in [7, 11) is 0. The van der Waals surface area contributed by atoms with Crippen LogP contribution < -0.4 is 0 Å². The van der Waals surface area contributed by atoms with E-state index in [0.717, 1.165) is 23.2 Å². The Morgan fingerprint density at radius 1 is 1.31 bits per heavy atom. The summed E-state index contributed by atoms with van der Waals surface area (Å²) in [5, 5.41) is 0. The zero-order valence-corrected chi connectivity index (χ0v) is 11.0. The number of pyridine rings is 1. The molecule has 2 nitrogen and oxygen atoms in total. The number of aromatic nitrogens is 1. The molecule has 1 aromatic heterocycles. The van der Waals surface area contributed by atoms with Gasteiger partial charge in [0.25, 0.3) is 0 Å². The predicted octanol–water partition coefficient (Wildman–Crippen LogP) is 3.85. The summed E-state index contributed by atoms with van der Waals surface area (Å²) in [5.41, 5.74) is 0.614. The van der Waals surface area contributed by atoms with Crippen LogP contribution in [0, 0.1) is 11.8 Å². The van der Waals surface area contributed by atoms with Crippen molar-refractivity contribution in [1.82, 2.24) is 4.98 Å². The Labute approximate surface area is 105 Å². The van der Waals surface area contributed by atoms with Gasteiger partial charge in [-0.2, -0.15) is 0 Å². The second-order valence-corrected chi connectivity index (χ2v) is 5.60. The van der Waals surface area contributed by atoms with Crippen molar-refractivity contribution < 1.29 is 4.79 Å². The smallest absolute Gasteiger partial charge is 0.184 e. The minimum atomic E-state index is 0.199. The minimum Gasteiger partial charge on any atom is -0.292 e. The highest BCUT2D eigenvalue weighted by molar-refractivity contribution is 9.10. The van der Waals surface area contributed by atoms with Crippen molar-refractivity contribution >= 4 is 21.7 Å². The van der Waals surface area contributed by atoms with E-state index in [2.05, 4.69) is 27.8 Å². The third-order valence-corrected chi connectivity index (χ3v) is 3.84. The van der Waals surface area contributed by atoms with E-state index in [1.54, 1.807) is 6.20 Å². The maximum Gasteiger partial charge on any atom is 0.184 e. The van der Waals surface area contributed by atoms with Crippen LogP contribution in [0.5, 0.6) is 0 Å². The van der Waals surface area contributed by atoms with Gasteiger partial charge >= 0.3 is 0 Å². The Morgan fingerprint density at radius 3 is 2.56 bits per heavy atom. The van der Waals surface area contributed by atoms with Crippen LogP contribution in [-0.4, -0.2) is 10.8 Å². The van der Waals surface area contributed by atoms with Crippen LogP contribution in [0.25, 0.3) is 0 Å². The molecule has 3 heteroatoms. The van der Waals surface area contributed by atoms with Gasteiger partial charge in [0.15, 0.2) is 5.78 Å². The summed E-state index contributed by atoms with van der Waals surface area (Å²) < 4.78 is 0.918. The number of carbonyl (C=O) groups excluding carboxylic acids is 1. The van der Waals surface area contributed by atoms with Crippen LogP contribution in [0.2, 0.25) is 0 Å². The predicted molar refractivity (Wildman–Crippen MR) is 67.4 cm³/mol. The Hall–Kier alpha value is -0.700. The van der Waals surface area contributed by atoms with Gasteiger partial charge in [-0.25, -0.2) is 0 Å². The first kappa shape index (κ1) is 11.8. The molecule has 0 aromatic carbocycles. The quantitative estimate of drug-likeness (QED) is 0.771. The lowest BCUT2D eigenvalue weighted by molar-refractivity contribution is 0.0870. The van der Waals surface area contributed by atoms with Crippen LogP contribution in [0.1, 0.15) is 43.1 Å². The lowest BCUT2D eigenvalue weighted by atomic mass is 9.80. The maximum absolute atomic E-state index is 12.1. The van der Waals surface area contributed by atoms with E-state index in [1.165, 1.54) is 12.8 Å². The van der Waals surface area contributed by atoms with Gasteiger partial charge in [-0.3, -0.25) is 9.78 Å². The van der Waals surface area contributed by atoms with Gasteiger partial charge in [0.05, 0.1) is 0 Å². The normalized spacial score (nSPS) is 25.4. The minimum absolute atomic E-state index is 0.199. The van der Waals surface area contributed by atoms with E-state index in [9.17, 15) is 4.79 Å². The van der Waals surface area contributed by atoms with Crippen LogP contribution in [-0.2, 0) is 0 Å². The Morgan fingerprint density at radius 2 is 2.00 bits per heavy atom. The number of ketones is 1. The number of rotatable bonds is 2. The van der Waals surface area contributed by atoms with Gasteiger partial charge in [0, 0.05) is 16.6 Å². The topological polar surface area (TPSA) is 30.0 Å². The molecule has 1 saturated carbocycles. The largest absolute Gasteiger partial charge is 0.292 e. The van der Waals surface area contributed by atoms with Gasteiger partial charge in [-0.05, 0) is 46.8 Å². The highest BCUT2D eigenvalue weighted by atomic mass is 79.9. The molecule has 0 aliphatic heterocycles. The molecular weight excluding hydrogens is 266 g/mol. The first-order valence-corrected chi connectivity index (χ1v) is 6.62. The number of hydrogen-bond donors (Lipinski definition) is 0. The average molecular weight is 282 g/mol. The molecule has 0 amide bonds. The molecular formula is C13H16BrNO. The van der Waals surface area contributed by atoms with Crippen LogP contribution in [0.15, 0.2) is 22.8 Å². The SMILES string of the molecule is CC1CCC(C(=O)c2ccc(Br)cn2)CC1. The Bertz CT molecular complexity index is 366. The van der Waals surface area contributed by atoms with Gasteiger partial charge in [-0.15, -0.1) is 0 Å². The first-order chi connectivity index (χ1) is 7.66. The standard InChI is InChI=1S/C13H16BrNO/c1-9-2-4-10(5-3-9)13(16)12-7-6-11(14)8-15-12/h6-10H,2-5H2,1H3. The van der Waals surface area contributed by atoms with Crippen molar-refractivity contribution in [1.29, 1.82) is 0 Å². The molecule has 86 valence electrons. The fraction of sp³-hybridized carbons (Fsp3) is 0.538. The van der Waals surface area contributed by atoms with Crippen molar-refractivity contribution in [3.63, 3.8) is 0 Å². The average Bonchev–Trinajstić information content (AvgIpc) is 2.30. The number of hydrogen-bond acceptors (Lipinski definition) is 2. The zero-order valence-electron chi connectivity index (χ0n) is 9.45.